The number of nitrogens with zero attached hydrogens (tertiary/aromatic N) is 3. The predicted molar refractivity (Wildman–Crippen MR) is 107 cm³/mol. The first-order valence-corrected chi connectivity index (χ1v) is 10.2. The number of aromatic amines is 1. The molecule has 2 aliphatic rings. The number of amides is 1. The SMILES string of the molecule is O=C1CCC2CN(Cc3ccc4occc4c3)CCC2N1CCc1cnc[nH]1. The van der Waals surface area contributed by atoms with E-state index in [9.17, 15) is 4.79 Å². The third-order valence-electron chi connectivity index (χ3n) is 6.33. The summed E-state index contributed by atoms with van der Waals surface area (Å²) in [6, 6.07) is 8.87. The van der Waals surface area contributed by atoms with Crippen LogP contribution in [0.2, 0.25) is 0 Å². The van der Waals surface area contributed by atoms with Crippen LogP contribution in [0.4, 0.5) is 0 Å². The molecule has 6 heteroatoms. The number of aromatic nitrogens is 2. The van der Waals surface area contributed by atoms with Crippen LogP contribution < -0.4 is 0 Å². The number of hydrogen-bond donors (Lipinski definition) is 1. The van der Waals surface area contributed by atoms with Gasteiger partial charge in [-0.15, -0.1) is 0 Å². The number of likely N-dealkylation sites (tertiary alicyclic amines) is 2. The zero-order valence-corrected chi connectivity index (χ0v) is 16.0. The molecule has 1 N–H and O–H groups in total. The molecule has 2 unspecified atom stereocenters. The van der Waals surface area contributed by atoms with Crippen LogP contribution >= 0.6 is 0 Å². The number of nitrogens with one attached hydrogen (secondary N) is 1. The Balaban J connectivity index is 1.23. The Morgan fingerprint density at radius 3 is 3.11 bits per heavy atom. The molecular weight excluding hydrogens is 352 g/mol. The number of imidazole rings is 1. The summed E-state index contributed by atoms with van der Waals surface area (Å²) < 4.78 is 5.45. The zero-order valence-electron chi connectivity index (χ0n) is 16.0. The van der Waals surface area contributed by atoms with E-state index in [0.29, 0.717) is 24.3 Å². The molecule has 2 aromatic heterocycles. The van der Waals surface area contributed by atoms with Crippen molar-refractivity contribution in [2.45, 2.75) is 38.3 Å². The lowest BCUT2D eigenvalue weighted by molar-refractivity contribution is -0.141. The van der Waals surface area contributed by atoms with Crippen molar-refractivity contribution >= 4 is 16.9 Å². The normalized spacial score (nSPS) is 23.3. The summed E-state index contributed by atoms with van der Waals surface area (Å²) in [5.74, 6) is 0.894. The van der Waals surface area contributed by atoms with Gasteiger partial charge in [0.05, 0.1) is 12.6 Å². The number of carbonyl (C=O) groups excluding carboxylic acids is 1. The topological polar surface area (TPSA) is 65.4 Å². The summed E-state index contributed by atoms with van der Waals surface area (Å²) in [6.07, 6.45) is 8.91. The number of fused-ring (bicyclic) bond motifs is 2. The average molecular weight is 378 g/mol. The molecule has 6 nitrogen and oxygen atoms in total. The second kappa shape index (κ2) is 7.43. The summed E-state index contributed by atoms with van der Waals surface area (Å²) in [5.41, 5.74) is 3.37. The molecule has 0 radical (unpaired) electrons. The van der Waals surface area contributed by atoms with Gasteiger partial charge in [-0.2, -0.15) is 0 Å². The second-order valence-corrected chi connectivity index (χ2v) is 8.10. The van der Waals surface area contributed by atoms with Gasteiger partial charge in [0, 0.05) is 62.3 Å². The monoisotopic (exact) mass is 378 g/mol. The maximum atomic E-state index is 12.6. The van der Waals surface area contributed by atoms with Gasteiger partial charge in [-0.1, -0.05) is 6.07 Å². The van der Waals surface area contributed by atoms with Crippen LogP contribution in [-0.2, 0) is 17.8 Å². The Morgan fingerprint density at radius 1 is 1.25 bits per heavy atom. The van der Waals surface area contributed by atoms with Crippen LogP contribution in [0, 0.1) is 5.92 Å². The summed E-state index contributed by atoms with van der Waals surface area (Å²) in [7, 11) is 0. The van der Waals surface area contributed by atoms with E-state index in [1.165, 1.54) is 10.9 Å². The molecule has 0 spiro atoms. The Kier molecular flexibility index (Phi) is 4.64. The number of rotatable bonds is 5. The van der Waals surface area contributed by atoms with Gasteiger partial charge in [0.15, 0.2) is 0 Å². The summed E-state index contributed by atoms with van der Waals surface area (Å²) in [4.78, 5) is 24.5. The first-order chi connectivity index (χ1) is 13.8. The largest absolute Gasteiger partial charge is 0.464 e. The number of carbonyl (C=O) groups is 1. The van der Waals surface area contributed by atoms with Crippen molar-refractivity contribution in [1.29, 1.82) is 0 Å². The minimum Gasteiger partial charge on any atom is -0.464 e. The number of benzene rings is 1. The molecule has 146 valence electrons. The molecule has 0 aliphatic carbocycles. The fourth-order valence-corrected chi connectivity index (χ4v) is 4.90. The Labute approximate surface area is 164 Å². The van der Waals surface area contributed by atoms with Gasteiger partial charge in [-0.05, 0) is 42.5 Å². The van der Waals surface area contributed by atoms with Crippen molar-refractivity contribution in [3.8, 4) is 0 Å². The van der Waals surface area contributed by atoms with Gasteiger partial charge in [0.1, 0.15) is 5.58 Å². The molecule has 0 saturated carbocycles. The molecule has 2 aliphatic heterocycles. The lowest BCUT2D eigenvalue weighted by atomic mass is 9.83. The van der Waals surface area contributed by atoms with E-state index < -0.39 is 0 Å². The van der Waals surface area contributed by atoms with Crippen LogP contribution in [0.25, 0.3) is 11.0 Å². The highest BCUT2D eigenvalue weighted by Gasteiger charge is 2.38. The first kappa shape index (κ1) is 17.5. The predicted octanol–water partition coefficient (Wildman–Crippen LogP) is 3.21. The van der Waals surface area contributed by atoms with Crippen molar-refractivity contribution in [3.63, 3.8) is 0 Å². The van der Waals surface area contributed by atoms with E-state index in [-0.39, 0.29) is 0 Å². The van der Waals surface area contributed by atoms with Gasteiger partial charge >= 0.3 is 0 Å². The van der Waals surface area contributed by atoms with Crippen molar-refractivity contribution in [2.24, 2.45) is 5.92 Å². The summed E-state index contributed by atoms with van der Waals surface area (Å²) in [6.45, 7) is 3.87. The molecule has 1 amide bonds. The zero-order chi connectivity index (χ0) is 18.9. The van der Waals surface area contributed by atoms with Crippen molar-refractivity contribution in [1.82, 2.24) is 19.8 Å². The molecule has 4 heterocycles. The molecule has 0 bridgehead atoms. The van der Waals surface area contributed by atoms with E-state index in [1.807, 2.05) is 12.3 Å². The average Bonchev–Trinajstić information content (AvgIpc) is 3.38. The van der Waals surface area contributed by atoms with E-state index in [0.717, 1.165) is 56.7 Å². The Morgan fingerprint density at radius 2 is 2.21 bits per heavy atom. The van der Waals surface area contributed by atoms with E-state index >= 15 is 0 Å². The molecule has 2 saturated heterocycles. The summed E-state index contributed by atoms with van der Waals surface area (Å²) >= 11 is 0. The van der Waals surface area contributed by atoms with Crippen molar-refractivity contribution in [2.75, 3.05) is 19.6 Å². The third kappa shape index (κ3) is 3.44. The Bertz CT molecular complexity index is 949. The highest BCUT2D eigenvalue weighted by Crippen LogP contribution is 2.32. The smallest absolute Gasteiger partial charge is 0.222 e. The van der Waals surface area contributed by atoms with E-state index in [1.54, 1.807) is 12.6 Å². The van der Waals surface area contributed by atoms with Crippen LogP contribution in [0.15, 0.2) is 47.5 Å². The molecule has 1 aromatic carbocycles. The highest BCUT2D eigenvalue weighted by molar-refractivity contribution is 5.78. The number of hydrogen-bond acceptors (Lipinski definition) is 4. The van der Waals surface area contributed by atoms with Gasteiger partial charge < -0.3 is 14.3 Å². The standard InChI is InChI=1S/C22H26N4O2/c27-22-4-2-18-14-25(13-16-1-3-21-17(11-16)7-10-28-21)8-6-20(18)26(22)9-5-19-12-23-15-24-19/h1,3,7,10-12,15,18,20H,2,4-6,8-9,13-14H2,(H,23,24). The van der Waals surface area contributed by atoms with Crippen LogP contribution in [-0.4, -0.2) is 51.4 Å². The Hall–Kier alpha value is -2.60. The van der Waals surface area contributed by atoms with Crippen LogP contribution in [0.5, 0.6) is 0 Å². The van der Waals surface area contributed by atoms with Crippen LogP contribution in [0.1, 0.15) is 30.5 Å². The highest BCUT2D eigenvalue weighted by atomic mass is 16.3. The second-order valence-electron chi connectivity index (χ2n) is 8.10. The molecular formula is C22H26N4O2. The summed E-state index contributed by atoms with van der Waals surface area (Å²) in [5, 5.41) is 1.17. The number of furan rings is 1. The number of piperidine rings is 2. The van der Waals surface area contributed by atoms with Crippen molar-refractivity contribution in [3.05, 3.63) is 54.3 Å². The molecule has 3 aromatic rings. The van der Waals surface area contributed by atoms with Gasteiger partial charge in [0.2, 0.25) is 5.91 Å². The van der Waals surface area contributed by atoms with E-state index in [4.69, 9.17) is 4.42 Å². The lowest BCUT2D eigenvalue weighted by Gasteiger charge is -2.47. The molecule has 2 fully saturated rings. The van der Waals surface area contributed by atoms with Crippen LogP contribution in [0.3, 0.4) is 0 Å². The first-order valence-electron chi connectivity index (χ1n) is 10.2. The van der Waals surface area contributed by atoms with Crippen molar-refractivity contribution < 1.29 is 9.21 Å². The van der Waals surface area contributed by atoms with Gasteiger partial charge in [-0.3, -0.25) is 9.69 Å². The van der Waals surface area contributed by atoms with Gasteiger partial charge in [0.25, 0.3) is 0 Å². The number of H-pyrrole nitrogens is 1. The molecule has 28 heavy (non-hydrogen) atoms. The maximum absolute atomic E-state index is 12.6. The molecule has 5 rings (SSSR count). The third-order valence-corrected chi connectivity index (χ3v) is 6.33. The lowest BCUT2D eigenvalue weighted by Crippen LogP contribution is -2.56. The van der Waals surface area contributed by atoms with Gasteiger partial charge in [-0.25, -0.2) is 4.98 Å². The fraction of sp³-hybridized carbons (Fsp3) is 0.455. The minimum absolute atomic E-state index is 0.319. The van der Waals surface area contributed by atoms with E-state index in [2.05, 4.69) is 38.0 Å². The maximum Gasteiger partial charge on any atom is 0.222 e. The fourth-order valence-electron chi connectivity index (χ4n) is 4.90. The minimum atomic E-state index is 0.319. The quantitative estimate of drug-likeness (QED) is 0.740. The molecule has 2 atom stereocenters.